The molecule has 6 heteroatoms. The summed E-state index contributed by atoms with van der Waals surface area (Å²) in [6.45, 7) is 0.381. The normalized spacial score (nSPS) is 14.0. The monoisotopic (exact) mass is 415 g/mol. The molecule has 0 unspecified atom stereocenters. The van der Waals surface area contributed by atoms with Crippen LogP contribution in [0.3, 0.4) is 0 Å². The Morgan fingerprint density at radius 2 is 1.14 bits per heavy atom. The van der Waals surface area contributed by atoms with E-state index in [4.69, 9.17) is 5.11 Å². The van der Waals surface area contributed by atoms with Gasteiger partial charge in [-0.3, -0.25) is 4.79 Å². The lowest BCUT2D eigenvalue weighted by Crippen LogP contribution is -2.56. The molecule has 2 N–H and O–H groups in total. The van der Waals surface area contributed by atoms with Gasteiger partial charge in [0, 0.05) is 25.4 Å². The molecule has 1 atom stereocenters. The fraction of sp³-hybridized carbons (Fsp3) is 0.913. The topological polar surface area (TPSA) is 97.7 Å². The second-order valence-electron chi connectivity index (χ2n) is 9.52. The van der Waals surface area contributed by atoms with Crippen LogP contribution in [-0.2, 0) is 9.59 Å². The summed E-state index contributed by atoms with van der Waals surface area (Å²) in [6.07, 6.45) is 14.3. The summed E-state index contributed by atoms with van der Waals surface area (Å²) in [5.74, 6) is -1.77. The second-order valence-corrected chi connectivity index (χ2v) is 9.52. The number of rotatable bonds is 20. The first kappa shape index (κ1) is 28.0. The molecule has 0 bridgehead atoms. The molecule has 172 valence electrons. The number of ketones is 1. The largest absolute Gasteiger partial charge is 0.550 e. The van der Waals surface area contributed by atoms with Crippen molar-refractivity contribution in [3.8, 4) is 0 Å². The highest BCUT2D eigenvalue weighted by molar-refractivity contribution is 5.90. The summed E-state index contributed by atoms with van der Waals surface area (Å²) in [6, 6.07) is 0. The van der Waals surface area contributed by atoms with Gasteiger partial charge in [-0.05, 0) is 12.8 Å². The van der Waals surface area contributed by atoms with E-state index in [9.17, 15) is 19.8 Å². The highest BCUT2D eigenvalue weighted by Gasteiger charge is 2.40. The molecule has 0 aliphatic heterocycles. The van der Waals surface area contributed by atoms with Gasteiger partial charge in [0.1, 0.15) is 6.54 Å². The molecule has 0 aromatic carbocycles. The molecule has 0 amide bonds. The fourth-order valence-corrected chi connectivity index (χ4v) is 3.84. The Bertz CT molecular complexity index is 447. The summed E-state index contributed by atoms with van der Waals surface area (Å²) < 4.78 is 0.318. The van der Waals surface area contributed by atoms with E-state index < -0.39 is 18.0 Å². The Morgan fingerprint density at radius 1 is 0.759 bits per heavy atom. The molecule has 0 saturated heterocycles. The number of aliphatic hydroxyl groups is 2. The minimum Gasteiger partial charge on any atom is -0.550 e. The molecule has 0 saturated carbocycles. The van der Waals surface area contributed by atoms with Crippen molar-refractivity contribution < 1.29 is 29.4 Å². The molecule has 6 nitrogen and oxygen atoms in total. The first-order valence-corrected chi connectivity index (χ1v) is 11.5. The number of carboxylic acid groups (broad SMARTS) is 1. The van der Waals surface area contributed by atoms with E-state index >= 15 is 0 Å². The van der Waals surface area contributed by atoms with Gasteiger partial charge in [-0.1, -0.05) is 70.6 Å². The van der Waals surface area contributed by atoms with Crippen molar-refractivity contribution in [1.82, 2.24) is 0 Å². The average molecular weight is 416 g/mol. The van der Waals surface area contributed by atoms with Gasteiger partial charge in [0.25, 0.3) is 0 Å². The number of aliphatic hydroxyl groups excluding tert-OH is 1. The number of carboxylic acids is 1. The fourth-order valence-electron chi connectivity index (χ4n) is 3.84. The number of carbonyl (C=O) groups is 2. The van der Waals surface area contributed by atoms with Gasteiger partial charge < -0.3 is 24.6 Å². The van der Waals surface area contributed by atoms with Crippen molar-refractivity contribution in [3.05, 3.63) is 0 Å². The standard InChI is InChI=1S/C23H45NO5/c1-24(2,3)20-23(29,19-22(27)28)21(26)17-15-13-11-9-7-5-4-6-8-10-12-14-16-18-25/h25,29H,4-20H2,1-3H3/t23-/m1/s1. The van der Waals surface area contributed by atoms with E-state index in [0.717, 1.165) is 32.1 Å². The third kappa shape index (κ3) is 16.5. The lowest BCUT2D eigenvalue weighted by molar-refractivity contribution is -0.875. The Labute approximate surface area is 177 Å². The summed E-state index contributed by atoms with van der Waals surface area (Å²) in [5, 5.41) is 30.3. The van der Waals surface area contributed by atoms with Crippen molar-refractivity contribution in [2.24, 2.45) is 0 Å². The van der Waals surface area contributed by atoms with E-state index in [1.54, 1.807) is 0 Å². The number of hydrogen-bond acceptors (Lipinski definition) is 5. The SMILES string of the molecule is C[N+](C)(C)C[C@](O)(CC(=O)[O-])C(=O)CCCCCCCCCCCCCCCO. The first-order chi connectivity index (χ1) is 13.6. The zero-order valence-corrected chi connectivity index (χ0v) is 19.1. The molecule has 0 aromatic rings. The van der Waals surface area contributed by atoms with E-state index in [-0.39, 0.29) is 18.7 Å². The Morgan fingerprint density at radius 3 is 1.48 bits per heavy atom. The first-order valence-electron chi connectivity index (χ1n) is 11.5. The van der Waals surface area contributed by atoms with Crippen LogP contribution in [-0.4, -0.2) is 66.3 Å². The van der Waals surface area contributed by atoms with Crippen LogP contribution >= 0.6 is 0 Å². The van der Waals surface area contributed by atoms with Gasteiger partial charge in [0.05, 0.1) is 21.1 Å². The lowest BCUT2D eigenvalue weighted by Gasteiger charge is -2.34. The maximum absolute atomic E-state index is 12.4. The summed E-state index contributed by atoms with van der Waals surface area (Å²) in [5.41, 5.74) is -1.84. The number of quaternary nitrogens is 1. The van der Waals surface area contributed by atoms with Crippen molar-refractivity contribution >= 4 is 11.8 Å². The van der Waals surface area contributed by atoms with Gasteiger partial charge in [0.2, 0.25) is 0 Å². The highest BCUT2D eigenvalue weighted by atomic mass is 16.4. The Kier molecular flexibility index (Phi) is 15.3. The number of likely N-dealkylation sites (N-methyl/N-ethyl adjacent to an activating group) is 1. The maximum Gasteiger partial charge on any atom is 0.177 e. The number of hydrogen-bond donors (Lipinski definition) is 2. The molecule has 0 rings (SSSR count). The molecular weight excluding hydrogens is 370 g/mol. The van der Waals surface area contributed by atoms with Crippen LogP contribution < -0.4 is 5.11 Å². The van der Waals surface area contributed by atoms with E-state index in [0.29, 0.717) is 17.5 Å². The molecule has 0 heterocycles. The highest BCUT2D eigenvalue weighted by Crippen LogP contribution is 2.20. The van der Waals surface area contributed by atoms with Crippen LogP contribution in [0, 0.1) is 0 Å². The summed E-state index contributed by atoms with van der Waals surface area (Å²) >= 11 is 0. The number of Topliss-reactive ketones (excluding diaryl/α,β-unsaturated/α-hetero) is 1. The Balaban J connectivity index is 3.79. The third-order valence-electron chi connectivity index (χ3n) is 5.25. The summed E-state index contributed by atoms with van der Waals surface area (Å²) in [7, 11) is 5.47. The Hall–Kier alpha value is -0.980. The predicted molar refractivity (Wildman–Crippen MR) is 114 cm³/mol. The van der Waals surface area contributed by atoms with Crippen LogP contribution in [0.4, 0.5) is 0 Å². The summed E-state index contributed by atoms with van der Waals surface area (Å²) in [4.78, 5) is 23.4. The molecular formula is C23H45NO5. The average Bonchev–Trinajstić information content (AvgIpc) is 2.59. The van der Waals surface area contributed by atoms with Gasteiger partial charge >= 0.3 is 0 Å². The molecule has 0 spiro atoms. The quantitative estimate of drug-likeness (QED) is 0.235. The van der Waals surface area contributed by atoms with Gasteiger partial charge in [0.15, 0.2) is 11.4 Å². The van der Waals surface area contributed by atoms with Crippen molar-refractivity contribution in [1.29, 1.82) is 0 Å². The second kappa shape index (κ2) is 15.8. The maximum atomic E-state index is 12.4. The van der Waals surface area contributed by atoms with E-state index in [1.165, 1.54) is 44.9 Å². The molecule has 0 aromatic heterocycles. The van der Waals surface area contributed by atoms with E-state index in [1.807, 2.05) is 21.1 Å². The molecule has 29 heavy (non-hydrogen) atoms. The van der Waals surface area contributed by atoms with Crippen LogP contribution in [0.2, 0.25) is 0 Å². The molecule has 0 aliphatic rings. The predicted octanol–water partition coefficient (Wildman–Crippen LogP) is 2.59. The van der Waals surface area contributed by atoms with Crippen LogP contribution in [0.25, 0.3) is 0 Å². The number of nitrogens with zero attached hydrogens (tertiary/aromatic N) is 1. The minimum absolute atomic E-state index is 0.0707. The lowest BCUT2D eigenvalue weighted by atomic mass is 9.89. The van der Waals surface area contributed by atoms with Crippen molar-refractivity contribution in [3.63, 3.8) is 0 Å². The zero-order valence-electron chi connectivity index (χ0n) is 19.1. The number of aliphatic carboxylic acids is 1. The molecule has 0 radical (unpaired) electrons. The zero-order chi connectivity index (χ0) is 22.2. The minimum atomic E-state index is -1.84. The smallest absolute Gasteiger partial charge is 0.177 e. The van der Waals surface area contributed by atoms with E-state index in [2.05, 4.69) is 0 Å². The number of carbonyl (C=O) groups excluding carboxylic acids is 2. The van der Waals surface area contributed by atoms with Crippen LogP contribution in [0.1, 0.15) is 96.3 Å². The number of unbranched alkanes of at least 4 members (excludes halogenated alkanes) is 12. The van der Waals surface area contributed by atoms with Crippen molar-refractivity contribution in [2.75, 3.05) is 34.3 Å². The molecule has 0 fully saturated rings. The molecule has 0 aliphatic carbocycles. The van der Waals surface area contributed by atoms with Gasteiger partial charge in [-0.15, -0.1) is 0 Å². The van der Waals surface area contributed by atoms with Gasteiger partial charge in [-0.2, -0.15) is 0 Å². The third-order valence-corrected chi connectivity index (χ3v) is 5.25. The van der Waals surface area contributed by atoms with Crippen LogP contribution in [0.5, 0.6) is 0 Å². The van der Waals surface area contributed by atoms with Gasteiger partial charge in [-0.25, -0.2) is 0 Å². The van der Waals surface area contributed by atoms with Crippen LogP contribution in [0.15, 0.2) is 0 Å². The van der Waals surface area contributed by atoms with Crippen molar-refractivity contribution in [2.45, 2.75) is 102 Å².